The zero-order valence-corrected chi connectivity index (χ0v) is 21.7. The van der Waals surface area contributed by atoms with Crippen LogP contribution in [-0.2, 0) is 14.9 Å². The van der Waals surface area contributed by atoms with Gasteiger partial charge in [-0.05, 0) is 60.7 Å². The number of anilines is 3. The zero-order valence-electron chi connectivity index (χ0n) is 21.7. The van der Waals surface area contributed by atoms with E-state index < -0.39 is 6.03 Å². The SMILES string of the molecule is COCC(=O)Nc1ccc(-n2nc(C(C)(C)C)cc2NC(=O)Nc2ccc(Oc3ccncc3)cc2)cc1. The molecule has 2 heterocycles. The van der Waals surface area contributed by atoms with Crippen LogP contribution >= 0.6 is 0 Å². The smallest absolute Gasteiger partial charge is 0.324 e. The van der Waals surface area contributed by atoms with Gasteiger partial charge in [-0.3, -0.25) is 15.1 Å². The number of urea groups is 1. The summed E-state index contributed by atoms with van der Waals surface area (Å²) in [6.45, 7) is 6.12. The molecule has 2 aromatic carbocycles. The van der Waals surface area contributed by atoms with Crippen molar-refractivity contribution < 1.29 is 19.1 Å². The molecule has 0 fully saturated rings. The van der Waals surface area contributed by atoms with E-state index in [1.807, 2.05) is 39.0 Å². The lowest BCUT2D eigenvalue weighted by Gasteiger charge is -2.14. The summed E-state index contributed by atoms with van der Waals surface area (Å²) in [5.41, 5.74) is 2.52. The number of nitrogens with one attached hydrogen (secondary N) is 3. The van der Waals surface area contributed by atoms with Gasteiger partial charge in [0.2, 0.25) is 5.91 Å². The van der Waals surface area contributed by atoms with Crippen molar-refractivity contribution >= 4 is 29.1 Å². The first-order valence-corrected chi connectivity index (χ1v) is 12.0. The normalized spacial score (nSPS) is 11.1. The highest BCUT2D eigenvalue weighted by molar-refractivity contribution is 5.99. The fourth-order valence-corrected chi connectivity index (χ4v) is 3.47. The van der Waals surface area contributed by atoms with Gasteiger partial charge < -0.3 is 20.1 Å². The largest absolute Gasteiger partial charge is 0.457 e. The van der Waals surface area contributed by atoms with E-state index >= 15 is 0 Å². The van der Waals surface area contributed by atoms with Gasteiger partial charge in [-0.2, -0.15) is 5.10 Å². The maximum absolute atomic E-state index is 12.9. The number of hydrogen-bond donors (Lipinski definition) is 3. The Hall–Kier alpha value is -4.70. The molecule has 0 radical (unpaired) electrons. The molecule has 0 bridgehead atoms. The van der Waals surface area contributed by atoms with E-state index in [1.165, 1.54) is 7.11 Å². The topological polar surface area (TPSA) is 119 Å². The van der Waals surface area contributed by atoms with Crippen LogP contribution in [0, 0.1) is 0 Å². The number of nitrogens with zero attached hydrogens (tertiary/aromatic N) is 3. The zero-order chi connectivity index (χ0) is 27.1. The lowest BCUT2D eigenvalue weighted by atomic mass is 9.92. The van der Waals surface area contributed by atoms with Crippen LogP contribution in [0.1, 0.15) is 26.5 Å². The van der Waals surface area contributed by atoms with Crippen molar-refractivity contribution in [2.75, 3.05) is 29.7 Å². The minimum absolute atomic E-state index is 0.0283. The van der Waals surface area contributed by atoms with Gasteiger partial charge in [-0.25, -0.2) is 9.48 Å². The Morgan fingerprint density at radius 3 is 2.08 bits per heavy atom. The number of pyridine rings is 1. The summed E-state index contributed by atoms with van der Waals surface area (Å²) < 4.78 is 12.3. The van der Waals surface area contributed by atoms with E-state index in [9.17, 15) is 9.59 Å². The fourth-order valence-electron chi connectivity index (χ4n) is 3.47. The van der Waals surface area contributed by atoms with Crippen LogP contribution in [0.3, 0.4) is 0 Å². The van der Waals surface area contributed by atoms with Crippen molar-refractivity contribution in [1.82, 2.24) is 14.8 Å². The van der Waals surface area contributed by atoms with E-state index in [4.69, 9.17) is 14.6 Å². The van der Waals surface area contributed by atoms with Crippen molar-refractivity contribution in [2.24, 2.45) is 0 Å². The van der Waals surface area contributed by atoms with Crippen LogP contribution in [-0.4, -0.2) is 40.4 Å². The number of carbonyl (C=O) groups excluding carboxylic acids is 2. The van der Waals surface area contributed by atoms with Gasteiger partial charge in [-0.15, -0.1) is 0 Å². The molecule has 196 valence electrons. The van der Waals surface area contributed by atoms with Gasteiger partial charge in [0, 0.05) is 42.4 Å². The number of aromatic nitrogens is 3. The third kappa shape index (κ3) is 6.95. The number of benzene rings is 2. The number of amides is 3. The van der Waals surface area contributed by atoms with Gasteiger partial charge in [0.1, 0.15) is 23.9 Å². The second-order valence-electron chi connectivity index (χ2n) is 9.49. The Kier molecular flexibility index (Phi) is 8.03. The predicted octanol–water partition coefficient (Wildman–Crippen LogP) is 5.59. The minimum atomic E-state index is -0.419. The molecule has 0 spiro atoms. The van der Waals surface area contributed by atoms with Crippen molar-refractivity contribution in [2.45, 2.75) is 26.2 Å². The highest BCUT2D eigenvalue weighted by Crippen LogP contribution is 2.27. The summed E-state index contributed by atoms with van der Waals surface area (Å²) in [6, 6.07) is 19.2. The molecule has 2 aromatic heterocycles. The number of methoxy groups -OCH3 is 1. The predicted molar refractivity (Wildman–Crippen MR) is 146 cm³/mol. The molecule has 0 aliphatic rings. The molecule has 4 aromatic rings. The van der Waals surface area contributed by atoms with E-state index in [1.54, 1.807) is 65.6 Å². The standard InChI is InChI=1S/C28H30N6O4/c1-28(2,3)24-17-25(34(33-24)21-9-5-19(6-10-21)30-26(35)18-37-4)32-27(36)31-20-7-11-22(12-8-20)38-23-13-15-29-16-14-23/h5-17H,18H2,1-4H3,(H,30,35)(H2,31,32,36). The fraction of sp³-hybridized carbons (Fsp3) is 0.214. The molecule has 0 aliphatic carbocycles. The molecule has 4 rings (SSSR count). The first-order chi connectivity index (χ1) is 18.2. The maximum atomic E-state index is 12.9. The molecular formula is C28H30N6O4. The van der Waals surface area contributed by atoms with Crippen LogP contribution in [0.15, 0.2) is 79.1 Å². The van der Waals surface area contributed by atoms with Crippen LogP contribution < -0.4 is 20.7 Å². The monoisotopic (exact) mass is 514 g/mol. The second kappa shape index (κ2) is 11.6. The average Bonchev–Trinajstić information content (AvgIpc) is 3.31. The molecule has 10 nitrogen and oxygen atoms in total. The van der Waals surface area contributed by atoms with E-state index in [0.717, 1.165) is 11.4 Å². The molecule has 0 unspecified atom stereocenters. The quantitative estimate of drug-likeness (QED) is 0.282. The number of hydrogen-bond acceptors (Lipinski definition) is 6. The van der Waals surface area contributed by atoms with E-state index in [-0.39, 0.29) is 17.9 Å². The first-order valence-electron chi connectivity index (χ1n) is 12.0. The van der Waals surface area contributed by atoms with Crippen molar-refractivity contribution in [1.29, 1.82) is 0 Å². The molecule has 10 heteroatoms. The highest BCUT2D eigenvalue weighted by atomic mass is 16.5. The molecule has 0 aliphatic heterocycles. The summed E-state index contributed by atoms with van der Waals surface area (Å²) in [6.07, 6.45) is 3.31. The molecular weight excluding hydrogens is 484 g/mol. The molecule has 0 saturated carbocycles. The summed E-state index contributed by atoms with van der Waals surface area (Å²) in [7, 11) is 1.46. The van der Waals surface area contributed by atoms with Gasteiger partial charge >= 0.3 is 6.03 Å². The maximum Gasteiger partial charge on any atom is 0.324 e. The van der Waals surface area contributed by atoms with Crippen LogP contribution in [0.2, 0.25) is 0 Å². The van der Waals surface area contributed by atoms with E-state index in [0.29, 0.717) is 28.7 Å². The Labute approximate surface area is 221 Å². The molecule has 0 saturated heterocycles. The summed E-state index contributed by atoms with van der Waals surface area (Å²) in [5.74, 6) is 1.57. The molecule has 3 N–H and O–H groups in total. The van der Waals surface area contributed by atoms with Gasteiger partial charge in [0.25, 0.3) is 0 Å². The number of rotatable bonds is 8. The third-order valence-electron chi connectivity index (χ3n) is 5.39. The summed E-state index contributed by atoms with van der Waals surface area (Å²) >= 11 is 0. The van der Waals surface area contributed by atoms with Crippen molar-refractivity contribution in [3.63, 3.8) is 0 Å². The van der Waals surface area contributed by atoms with Crippen LogP contribution in [0.5, 0.6) is 11.5 Å². The Morgan fingerprint density at radius 1 is 0.842 bits per heavy atom. The summed E-state index contributed by atoms with van der Waals surface area (Å²) in [4.78, 5) is 28.6. The summed E-state index contributed by atoms with van der Waals surface area (Å²) in [5, 5.41) is 13.2. The highest BCUT2D eigenvalue weighted by Gasteiger charge is 2.21. The third-order valence-corrected chi connectivity index (χ3v) is 5.39. The van der Waals surface area contributed by atoms with Crippen LogP contribution in [0.4, 0.5) is 22.0 Å². The van der Waals surface area contributed by atoms with Gasteiger partial charge in [-0.1, -0.05) is 20.8 Å². The molecule has 0 atom stereocenters. The van der Waals surface area contributed by atoms with Crippen molar-refractivity contribution in [3.8, 4) is 17.2 Å². The number of ether oxygens (including phenoxy) is 2. The number of carbonyl (C=O) groups is 2. The first kappa shape index (κ1) is 26.4. The lowest BCUT2D eigenvalue weighted by Crippen LogP contribution is -2.21. The average molecular weight is 515 g/mol. The minimum Gasteiger partial charge on any atom is -0.457 e. The molecule has 38 heavy (non-hydrogen) atoms. The van der Waals surface area contributed by atoms with Gasteiger partial charge in [0.05, 0.1) is 11.4 Å². The van der Waals surface area contributed by atoms with Crippen LogP contribution in [0.25, 0.3) is 5.69 Å². The second-order valence-corrected chi connectivity index (χ2v) is 9.49. The Morgan fingerprint density at radius 2 is 1.45 bits per heavy atom. The Balaban J connectivity index is 1.47. The van der Waals surface area contributed by atoms with E-state index in [2.05, 4.69) is 20.9 Å². The molecule has 3 amide bonds. The van der Waals surface area contributed by atoms with Crippen molar-refractivity contribution in [3.05, 3.63) is 84.8 Å². The lowest BCUT2D eigenvalue weighted by molar-refractivity contribution is -0.119. The van der Waals surface area contributed by atoms with Gasteiger partial charge in [0.15, 0.2) is 0 Å². The Bertz CT molecular complexity index is 1380.